The highest BCUT2D eigenvalue weighted by Crippen LogP contribution is 2.20. The zero-order valence-corrected chi connectivity index (χ0v) is 13.6. The number of esters is 1. The monoisotopic (exact) mass is 300 g/mol. The van der Waals surface area contributed by atoms with Crippen molar-refractivity contribution in [2.75, 3.05) is 0 Å². The van der Waals surface area contributed by atoms with E-state index in [-0.39, 0.29) is 11.3 Å². The molecule has 0 fully saturated rings. The van der Waals surface area contributed by atoms with Crippen molar-refractivity contribution in [3.05, 3.63) is 30.1 Å². The largest absolute Gasteiger partial charge is 0.423 e. The summed E-state index contributed by atoms with van der Waals surface area (Å²) < 4.78 is 5.42. The number of nitrogens with one attached hydrogen (secondary N) is 1. The van der Waals surface area contributed by atoms with E-state index in [1.54, 1.807) is 26.0 Å². The number of hydrogen-bond donors (Lipinski definition) is 1. The molecule has 0 amide bonds. The molecule has 0 aliphatic heterocycles. The van der Waals surface area contributed by atoms with Gasteiger partial charge in [-0.15, -0.1) is 0 Å². The number of carbonyl (C=O) groups is 2. The number of rotatable bonds is 5. The lowest BCUT2D eigenvalue weighted by Crippen LogP contribution is -2.56. The summed E-state index contributed by atoms with van der Waals surface area (Å²) in [5.41, 5.74) is -1.36. The van der Waals surface area contributed by atoms with Gasteiger partial charge in [-0.1, -0.05) is 0 Å². The van der Waals surface area contributed by atoms with Gasteiger partial charge in [0.25, 0.3) is 0 Å². The van der Waals surface area contributed by atoms with Gasteiger partial charge in [-0.25, -0.2) is 4.79 Å². The summed E-state index contributed by atoms with van der Waals surface area (Å²) in [4.78, 5) is 27.3. The molecular weight excluding hydrogens is 279 g/mol. The van der Waals surface area contributed by atoms with Crippen molar-refractivity contribution in [1.29, 1.82) is 0 Å². The van der Waals surface area contributed by atoms with Crippen molar-refractivity contribution in [3.63, 3.8) is 0 Å². The van der Waals surface area contributed by atoms with E-state index in [4.69, 9.17) is 12.6 Å². The summed E-state index contributed by atoms with van der Waals surface area (Å²) in [5.74, 6) is -0.169. The molecule has 116 valence electrons. The molecule has 0 aliphatic rings. The Balaban J connectivity index is 2.95. The first-order chi connectivity index (χ1) is 10.0. The highest BCUT2D eigenvalue weighted by Gasteiger charge is 2.33. The van der Waals surface area contributed by atoms with Crippen LogP contribution in [0.3, 0.4) is 0 Å². The van der Waals surface area contributed by atoms with E-state index < -0.39 is 17.2 Å². The number of hydrogen-bond acceptors (Lipinski definition) is 5. The molecule has 1 aromatic heterocycles. The molecule has 0 unspecified atom stereocenters. The van der Waals surface area contributed by atoms with Gasteiger partial charge in [0.05, 0.1) is 5.68 Å². The van der Waals surface area contributed by atoms with Crippen LogP contribution in [0.1, 0.15) is 40.3 Å². The summed E-state index contributed by atoms with van der Waals surface area (Å²) in [6.45, 7) is 9.39. The van der Waals surface area contributed by atoms with Crippen molar-refractivity contribution in [3.8, 4) is 5.75 Å². The van der Waals surface area contributed by atoms with Crippen molar-refractivity contribution in [2.45, 2.75) is 45.7 Å². The fraction of sp³-hybridized carbons (Fsp3) is 0.438. The van der Waals surface area contributed by atoms with Crippen molar-refractivity contribution in [2.24, 2.45) is 0 Å². The molecule has 22 heavy (non-hydrogen) atoms. The molecule has 0 bridgehead atoms. The van der Waals surface area contributed by atoms with Gasteiger partial charge in [0.1, 0.15) is 11.2 Å². The number of nitrogens with zero attached hydrogens (tertiary/aromatic N) is 1. The first kappa shape index (κ1) is 18.1. The molecule has 2 radical (unpaired) electrons. The van der Waals surface area contributed by atoms with E-state index in [1.165, 1.54) is 12.3 Å². The normalized spacial score (nSPS) is 12.4. The van der Waals surface area contributed by atoms with Gasteiger partial charge in [0.15, 0.2) is 13.6 Å². The smallest absolute Gasteiger partial charge is 0.331 e. The molecular formula is C16H21BN2O3. The topological polar surface area (TPSA) is 68.3 Å². The van der Waals surface area contributed by atoms with Crippen molar-refractivity contribution < 1.29 is 14.3 Å². The second-order valence-corrected chi connectivity index (χ2v) is 6.51. The minimum absolute atomic E-state index is 0.244. The zero-order valence-electron chi connectivity index (χ0n) is 13.6. The van der Waals surface area contributed by atoms with Crippen LogP contribution in [0, 0.1) is 0 Å². The number of ether oxygens (including phenoxy) is 1. The highest BCUT2D eigenvalue weighted by atomic mass is 16.5. The van der Waals surface area contributed by atoms with Crippen LogP contribution < -0.4 is 10.1 Å². The second kappa shape index (κ2) is 6.88. The summed E-state index contributed by atoms with van der Waals surface area (Å²) >= 11 is 0. The summed E-state index contributed by atoms with van der Waals surface area (Å²) in [5, 5.41) is 3.20. The molecule has 0 aromatic carbocycles. The van der Waals surface area contributed by atoms with E-state index in [0.29, 0.717) is 5.69 Å². The van der Waals surface area contributed by atoms with E-state index in [2.05, 4.69) is 10.3 Å². The molecule has 0 atom stereocenters. The van der Waals surface area contributed by atoms with E-state index >= 15 is 0 Å². The van der Waals surface area contributed by atoms with Gasteiger partial charge >= 0.3 is 5.97 Å². The molecule has 0 saturated heterocycles. The minimum atomic E-state index is -0.876. The molecule has 1 heterocycles. The number of pyridine rings is 1. The van der Waals surface area contributed by atoms with Crippen LogP contribution in [0.15, 0.2) is 24.4 Å². The van der Waals surface area contributed by atoms with Gasteiger partial charge in [-0.2, -0.15) is 0 Å². The number of carbonyl (C=O) groups excluding carboxylic acids is 2. The lowest BCUT2D eigenvalue weighted by molar-refractivity contribution is -0.141. The summed E-state index contributed by atoms with van der Waals surface area (Å²) in [6.07, 6.45) is 4.11. The summed E-state index contributed by atoms with van der Waals surface area (Å²) in [7, 11) is 5.06. The number of aromatic nitrogens is 1. The fourth-order valence-corrected chi connectivity index (χ4v) is 1.99. The van der Waals surface area contributed by atoms with Gasteiger partial charge in [0, 0.05) is 11.7 Å². The maximum absolute atomic E-state index is 12.4. The standard InChI is InChI=1S/C16H21BN2O3/c1-15(2,3)19-16(4,5)14(21)22-12-7-6-10-18-11(12)8-9-13(17)20/h6-10,19H,1-5H3/b9-8-. The summed E-state index contributed by atoms with van der Waals surface area (Å²) in [6, 6.07) is 3.26. The molecule has 1 N–H and O–H groups in total. The molecule has 1 rings (SSSR count). The molecule has 0 saturated carbocycles. The van der Waals surface area contributed by atoms with Crippen LogP contribution in [-0.4, -0.2) is 35.6 Å². The second-order valence-electron chi connectivity index (χ2n) is 6.51. The Labute approximate surface area is 132 Å². The average molecular weight is 300 g/mol. The molecule has 6 heteroatoms. The van der Waals surface area contributed by atoms with Crippen molar-refractivity contribution >= 4 is 25.6 Å². The maximum Gasteiger partial charge on any atom is 0.331 e. The lowest BCUT2D eigenvalue weighted by atomic mass is 9.99. The predicted molar refractivity (Wildman–Crippen MR) is 86.6 cm³/mol. The Kier molecular flexibility index (Phi) is 5.66. The van der Waals surface area contributed by atoms with E-state index in [0.717, 1.165) is 6.08 Å². The first-order valence-electron chi connectivity index (χ1n) is 6.95. The Bertz CT molecular complexity index is 589. The SMILES string of the molecule is [B]C(=O)/C=C\c1ncccc1OC(=O)C(C)(C)NC(C)(C)C. The third-order valence-corrected chi connectivity index (χ3v) is 2.61. The Hall–Kier alpha value is -1.95. The lowest BCUT2D eigenvalue weighted by Gasteiger charge is -2.32. The third kappa shape index (κ3) is 5.81. The zero-order chi connectivity index (χ0) is 17.0. The van der Waals surface area contributed by atoms with Crippen LogP contribution in [0.2, 0.25) is 0 Å². The molecule has 5 nitrogen and oxygen atoms in total. The van der Waals surface area contributed by atoms with Gasteiger partial charge < -0.3 is 9.53 Å². The Morgan fingerprint density at radius 2 is 1.91 bits per heavy atom. The Morgan fingerprint density at radius 3 is 2.45 bits per heavy atom. The van der Waals surface area contributed by atoms with Gasteiger partial charge in [-0.3, -0.25) is 10.3 Å². The van der Waals surface area contributed by atoms with Crippen LogP contribution in [0.4, 0.5) is 0 Å². The maximum atomic E-state index is 12.4. The van der Waals surface area contributed by atoms with E-state index in [1.807, 2.05) is 20.8 Å². The third-order valence-electron chi connectivity index (χ3n) is 2.61. The molecule has 0 spiro atoms. The van der Waals surface area contributed by atoms with E-state index in [9.17, 15) is 9.59 Å². The number of allylic oxidation sites excluding steroid dienone is 1. The van der Waals surface area contributed by atoms with Crippen molar-refractivity contribution in [1.82, 2.24) is 10.3 Å². The van der Waals surface area contributed by atoms with Crippen LogP contribution in [0.25, 0.3) is 6.08 Å². The fourth-order valence-electron chi connectivity index (χ4n) is 1.99. The first-order valence-corrected chi connectivity index (χ1v) is 6.95. The quantitative estimate of drug-likeness (QED) is 0.511. The minimum Gasteiger partial charge on any atom is -0.423 e. The Morgan fingerprint density at radius 1 is 1.27 bits per heavy atom. The average Bonchev–Trinajstić information content (AvgIpc) is 2.34. The van der Waals surface area contributed by atoms with Gasteiger partial charge in [-0.05, 0) is 58.9 Å². The van der Waals surface area contributed by atoms with Crippen LogP contribution in [-0.2, 0) is 9.59 Å². The van der Waals surface area contributed by atoms with Crippen LogP contribution in [0.5, 0.6) is 5.75 Å². The van der Waals surface area contributed by atoms with Crippen LogP contribution >= 0.6 is 0 Å². The molecule has 0 aliphatic carbocycles. The predicted octanol–water partition coefficient (Wildman–Crippen LogP) is 1.86. The highest BCUT2D eigenvalue weighted by molar-refractivity contribution is 6.61. The molecule has 1 aromatic rings. The van der Waals surface area contributed by atoms with Gasteiger partial charge in [0.2, 0.25) is 0 Å².